The molecule has 0 aliphatic carbocycles. The van der Waals surface area contributed by atoms with Crippen LogP contribution in [0.5, 0.6) is 0 Å². The highest BCUT2D eigenvalue weighted by Crippen LogP contribution is 2.16. The van der Waals surface area contributed by atoms with E-state index in [2.05, 4.69) is 55.9 Å². The maximum absolute atomic E-state index is 4.01. The molecule has 0 aliphatic heterocycles. The van der Waals surface area contributed by atoms with Crippen molar-refractivity contribution < 1.29 is 0 Å². The van der Waals surface area contributed by atoms with Gasteiger partial charge in [-0.15, -0.1) is 0 Å². The second-order valence-corrected chi connectivity index (χ2v) is 4.92. The molecule has 0 amide bonds. The maximum Gasteiger partial charge on any atom is 0.0946 e. The molecule has 4 heteroatoms. The van der Waals surface area contributed by atoms with Gasteiger partial charge in [-0.3, -0.25) is 0 Å². The number of aromatic nitrogens is 2. The van der Waals surface area contributed by atoms with Gasteiger partial charge in [0.25, 0.3) is 0 Å². The molecule has 1 N–H and O–H groups in total. The standard InChI is InChI=1S/C13H16BrN3/c1-11-8-12(2-3-13(11)14)9-15-4-6-17-7-5-16-10-17/h2-3,5,7-8,10,15H,4,6,9H2,1H3. The summed E-state index contributed by atoms with van der Waals surface area (Å²) in [4.78, 5) is 4.01. The van der Waals surface area contributed by atoms with E-state index in [1.54, 1.807) is 6.20 Å². The third-order valence-corrected chi connectivity index (χ3v) is 3.55. The molecule has 1 aromatic heterocycles. The molecule has 2 rings (SSSR count). The minimum atomic E-state index is 0.906. The van der Waals surface area contributed by atoms with Gasteiger partial charge in [0.05, 0.1) is 6.33 Å². The Labute approximate surface area is 110 Å². The van der Waals surface area contributed by atoms with Gasteiger partial charge in [-0.25, -0.2) is 4.98 Å². The van der Waals surface area contributed by atoms with Crippen molar-refractivity contribution in [2.75, 3.05) is 6.54 Å². The number of nitrogens with zero attached hydrogens (tertiary/aromatic N) is 2. The van der Waals surface area contributed by atoms with Crippen LogP contribution < -0.4 is 5.32 Å². The summed E-state index contributed by atoms with van der Waals surface area (Å²) in [6, 6.07) is 6.44. The zero-order valence-corrected chi connectivity index (χ0v) is 11.4. The minimum Gasteiger partial charge on any atom is -0.336 e. The van der Waals surface area contributed by atoms with Gasteiger partial charge < -0.3 is 9.88 Å². The van der Waals surface area contributed by atoms with Gasteiger partial charge in [-0.1, -0.05) is 28.1 Å². The third-order valence-electron chi connectivity index (χ3n) is 2.66. The normalized spacial score (nSPS) is 10.7. The van der Waals surface area contributed by atoms with Crippen molar-refractivity contribution in [3.63, 3.8) is 0 Å². The molecule has 0 fully saturated rings. The molecular formula is C13H16BrN3. The number of aryl methyl sites for hydroxylation is 1. The molecular weight excluding hydrogens is 278 g/mol. The second-order valence-electron chi connectivity index (χ2n) is 4.06. The molecule has 0 spiro atoms. The van der Waals surface area contributed by atoms with Crippen LogP contribution in [0, 0.1) is 6.92 Å². The predicted octanol–water partition coefficient (Wildman–Crippen LogP) is 2.74. The second kappa shape index (κ2) is 5.98. The van der Waals surface area contributed by atoms with E-state index in [0.717, 1.165) is 19.6 Å². The van der Waals surface area contributed by atoms with E-state index in [1.165, 1.54) is 15.6 Å². The third kappa shape index (κ3) is 3.68. The first-order valence-corrected chi connectivity index (χ1v) is 6.46. The molecule has 0 unspecified atom stereocenters. The number of hydrogen-bond donors (Lipinski definition) is 1. The summed E-state index contributed by atoms with van der Waals surface area (Å²) in [6.45, 7) is 4.92. The van der Waals surface area contributed by atoms with E-state index in [-0.39, 0.29) is 0 Å². The van der Waals surface area contributed by atoms with Crippen LogP contribution in [0.25, 0.3) is 0 Å². The Bertz CT molecular complexity index is 466. The van der Waals surface area contributed by atoms with Gasteiger partial charge in [-0.05, 0) is 24.1 Å². The first-order valence-electron chi connectivity index (χ1n) is 5.67. The lowest BCUT2D eigenvalue weighted by Crippen LogP contribution is -2.18. The molecule has 0 saturated carbocycles. The van der Waals surface area contributed by atoms with Gasteiger partial charge in [0.15, 0.2) is 0 Å². The molecule has 0 atom stereocenters. The van der Waals surface area contributed by atoms with Crippen molar-refractivity contribution in [3.8, 4) is 0 Å². The quantitative estimate of drug-likeness (QED) is 0.859. The van der Waals surface area contributed by atoms with Crippen molar-refractivity contribution in [2.45, 2.75) is 20.0 Å². The average Bonchev–Trinajstić information content (AvgIpc) is 2.82. The summed E-state index contributed by atoms with van der Waals surface area (Å²) in [5, 5.41) is 3.42. The predicted molar refractivity (Wildman–Crippen MR) is 72.8 cm³/mol. The molecule has 1 heterocycles. The van der Waals surface area contributed by atoms with E-state index >= 15 is 0 Å². The molecule has 0 radical (unpaired) electrons. The summed E-state index contributed by atoms with van der Waals surface area (Å²) in [5.41, 5.74) is 2.59. The lowest BCUT2D eigenvalue weighted by molar-refractivity contribution is 0.597. The molecule has 0 aliphatic rings. The van der Waals surface area contributed by atoms with E-state index in [1.807, 2.05) is 12.5 Å². The number of benzene rings is 1. The van der Waals surface area contributed by atoms with Crippen molar-refractivity contribution in [1.82, 2.24) is 14.9 Å². The number of rotatable bonds is 5. The Kier molecular flexibility index (Phi) is 4.34. The topological polar surface area (TPSA) is 29.9 Å². The van der Waals surface area contributed by atoms with E-state index in [4.69, 9.17) is 0 Å². The smallest absolute Gasteiger partial charge is 0.0946 e. The van der Waals surface area contributed by atoms with Crippen LogP contribution >= 0.6 is 15.9 Å². The van der Waals surface area contributed by atoms with Crippen molar-refractivity contribution in [3.05, 3.63) is 52.5 Å². The Morgan fingerprint density at radius 3 is 3.00 bits per heavy atom. The van der Waals surface area contributed by atoms with Crippen molar-refractivity contribution in [2.24, 2.45) is 0 Å². The summed E-state index contributed by atoms with van der Waals surface area (Å²) in [7, 11) is 0. The Morgan fingerprint density at radius 2 is 2.29 bits per heavy atom. The van der Waals surface area contributed by atoms with Crippen LogP contribution in [0.15, 0.2) is 41.4 Å². The highest BCUT2D eigenvalue weighted by Gasteiger charge is 1.97. The number of hydrogen-bond acceptors (Lipinski definition) is 2. The lowest BCUT2D eigenvalue weighted by atomic mass is 10.1. The van der Waals surface area contributed by atoms with Gasteiger partial charge in [-0.2, -0.15) is 0 Å². The largest absolute Gasteiger partial charge is 0.336 e. The molecule has 3 nitrogen and oxygen atoms in total. The van der Waals surface area contributed by atoms with E-state index < -0.39 is 0 Å². The molecule has 2 aromatic rings. The zero-order valence-electron chi connectivity index (χ0n) is 9.86. The van der Waals surface area contributed by atoms with Crippen LogP contribution in [0.2, 0.25) is 0 Å². The molecule has 17 heavy (non-hydrogen) atoms. The Hall–Kier alpha value is -1.13. The number of halogens is 1. The fourth-order valence-corrected chi connectivity index (χ4v) is 1.92. The Balaban J connectivity index is 1.76. The summed E-state index contributed by atoms with van der Waals surface area (Å²) in [5.74, 6) is 0. The van der Waals surface area contributed by atoms with Crippen LogP contribution in [-0.4, -0.2) is 16.1 Å². The van der Waals surface area contributed by atoms with Crippen LogP contribution in [0.1, 0.15) is 11.1 Å². The zero-order chi connectivity index (χ0) is 12.1. The first kappa shape index (κ1) is 12.3. The van der Waals surface area contributed by atoms with Crippen LogP contribution in [0.3, 0.4) is 0 Å². The van der Waals surface area contributed by atoms with E-state index in [9.17, 15) is 0 Å². The van der Waals surface area contributed by atoms with Gasteiger partial charge in [0.1, 0.15) is 0 Å². The summed E-state index contributed by atoms with van der Waals surface area (Å²) in [6.07, 6.45) is 5.62. The van der Waals surface area contributed by atoms with Crippen molar-refractivity contribution in [1.29, 1.82) is 0 Å². The maximum atomic E-state index is 4.01. The SMILES string of the molecule is Cc1cc(CNCCn2ccnc2)ccc1Br. The van der Waals surface area contributed by atoms with Gasteiger partial charge in [0.2, 0.25) is 0 Å². The minimum absolute atomic E-state index is 0.906. The molecule has 90 valence electrons. The monoisotopic (exact) mass is 293 g/mol. The lowest BCUT2D eigenvalue weighted by Gasteiger charge is -2.07. The van der Waals surface area contributed by atoms with Crippen LogP contribution in [-0.2, 0) is 13.1 Å². The number of imidazole rings is 1. The van der Waals surface area contributed by atoms with Gasteiger partial charge >= 0.3 is 0 Å². The molecule has 1 aromatic carbocycles. The first-order chi connectivity index (χ1) is 8.25. The fraction of sp³-hybridized carbons (Fsp3) is 0.308. The number of nitrogens with one attached hydrogen (secondary N) is 1. The highest BCUT2D eigenvalue weighted by molar-refractivity contribution is 9.10. The summed E-state index contributed by atoms with van der Waals surface area (Å²) >= 11 is 3.51. The van der Waals surface area contributed by atoms with Gasteiger partial charge in [0, 0.05) is 36.5 Å². The van der Waals surface area contributed by atoms with Crippen LogP contribution in [0.4, 0.5) is 0 Å². The Morgan fingerprint density at radius 1 is 1.41 bits per heavy atom. The highest BCUT2D eigenvalue weighted by atomic mass is 79.9. The fourth-order valence-electron chi connectivity index (χ4n) is 1.68. The van der Waals surface area contributed by atoms with E-state index in [0.29, 0.717) is 0 Å². The average molecular weight is 294 g/mol. The summed E-state index contributed by atoms with van der Waals surface area (Å²) < 4.78 is 3.24. The molecule has 0 saturated heterocycles. The van der Waals surface area contributed by atoms with Crippen molar-refractivity contribution >= 4 is 15.9 Å². The molecule has 0 bridgehead atoms.